The molecule has 0 bridgehead atoms. The van der Waals surface area contributed by atoms with Crippen LogP contribution in [0.5, 0.6) is 0 Å². The van der Waals surface area contributed by atoms with E-state index in [4.69, 9.17) is 5.73 Å². The number of anilines is 1. The van der Waals surface area contributed by atoms with Crippen molar-refractivity contribution in [1.82, 2.24) is 9.97 Å². The molecule has 0 aliphatic rings. The Labute approximate surface area is 131 Å². The van der Waals surface area contributed by atoms with E-state index in [2.05, 4.69) is 54.1 Å². The molecule has 3 aromatic rings. The Kier molecular flexibility index (Phi) is 3.96. The second-order valence-electron chi connectivity index (χ2n) is 5.79. The minimum absolute atomic E-state index is 0.269. The molecule has 2 aromatic carbocycles. The van der Waals surface area contributed by atoms with Crippen LogP contribution in [-0.2, 0) is 6.42 Å². The number of nitrogens with one attached hydrogen (secondary N) is 1. The lowest BCUT2D eigenvalue weighted by Gasteiger charge is -2.20. The first kappa shape index (κ1) is 14.4. The molecule has 3 nitrogen and oxygen atoms in total. The Bertz CT molecular complexity index is 743. The fraction of sp³-hybridized carbons (Fsp3) is 0.211. The van der Waals surface area contributed by atoms with Crippen LogP contribution in [0.15, 0.2) is 55.0 Å². The van der Waals surface area contributed by atoms with Gasteiger partial charge < -0.3 is 10.7 Å². The van der Waals surface area contributed by atoms with Gasteiger partial charge in [-0.1, -0.05) is 30.3 Å². The Morgan fingerprint density at radius 1 is 1.09 bits per heavy atom. The van der Waals surface area contributed by atoms with Crippen molar-refractivity contribution in [2.45, 2.75) is 26.2 Å². The molecule has 3 heteroatoms. The molecule has 1 aromatic heterocycles. The third-order valence-electron chi connectivity index (χ3n) is 4.34. The zero-order valence-corrected chi connectivity index (χ0v) is 13.0. The molecule has 0 spiro atoms. The standard InChI is InChI=1S/C19H21N3/c1-13-4-3-5-17(14(13)2)18(19-11-21-12-22-19)10-15-6-8-16(20)9-7-15/h3-9,11-12,18H,10,20H2,1-2H3,(H,21,22). The fourth-order valence-corrected chi connectivity index (χ4v) is 2.89. The largest absolute Gasteiger partial charge is 0.399 e. The molecule has 112 valence electrons. The highest BCUT2D eigenvalue weighted by molar-refractivity contribution is 5.43. The molecule has 0 aliphatic heterocycles. The molecule has 0 radical (unpaired) electrons. The summed E-state index contributed by atoms with van der Waals surface area (Å²) in [4.78, 5) is 7.48. The van der Waals surface area contributed by atoms with Crippen molar-refractivity contribution < 1.29 is 0 Å². The third kappa shape index (κ3) is 2.89. The SMILES string of the molecule is Cc1cccc(C(Cc2ccc(N)cc2)c2cnc[nH]2)c1C. The summed E-state index contributed by atoms with van der Waals surface area (Å²) in [6.07, 6.45) is 4.59. The summed E-state index contributed by atoms with van der Waals surface area (Å²) in [5, 5.41) is 0. The molecule has 1 unspecified atom stereocenters. The van der Waals surface area contributed by atoms with Gasteiger partial charge in [0.05, 0.1) is 6.33 Å². The van der Waals surface area contributed by atoms with Gasteiger partial charge in [0.25, 0.3) is 0 Å². The van der Waals surface area contributed by atoms with E-state index in [0.29, 0.717) is 0 Å². The number of hydrogen-bond donors (Lipinski definition) is 2. The van der Waals surface area contributed by atoms with Crippen LogP contribution in [0.25, 0.3) is 0 Å². The summed E-state index contributed by atoms with van der Waals surface area (Å²) < 4.78 is 0. The van der Waals surface area contributed by atoms with E-state index in [1.807, 2.05) is 18.3 Å². The van der Waals surface area contributed by atoms with E-state index < -0.39 is 0 Å². The highest BCUT2D eigenvalue weighted by Crippen LogP contribution is 2.30. The maximum Gasteiger partial charge on any atom is 0.0921 e. The van der Waals surface area contributed by atoms with Crippen molar-refractivity contribution in [2.24, 2.45) is 0 Å². The lowest BCUT2D eigenvalue weighted by Crippen LogP contribution is -2.08. The Hall–Kier alpha value is -2.55. The number of aryl methyl sites for hydroxylation is 1. The molecular formula is C19H21N3. The van der Waals surface area contributed by atoms with Crippen LogP contribution < -0.4 is 5.73 Å². The number of nitrogen functional groups attached to an aromatic ring is 1. The molecule has 3 N–H and O–H groups in total. The normalized spacial score (nSPS) is 12.3. The predicted molar refractivity (Wildman–Crippen MR) is 90.9 cm³/mol. The van der Waals surface area contributed by atoms with Crippen molar-refractivity contribution in [3.8, 4) is 0 Å². The van der Waals surface area contributed by atoms with Gasteiger partial charge in [0.2, 0.25) is 0 Å². The van der Waals surface area contributed by atoms with E-state index in [-0.39, 0.29) is 5.92 Å². The van der Waals surface area contributed by atoms with Gasteiger partial charge in [-0.15, -0.1) is 0 Å². The molecule has 0 amide bonds. The summed E-state index contributed by atoms with van der Waals surface area (Å²) in [5.74, 6) is 0.269. The van der Waals surface area contributed by atoms with Crippen molar-refractivity contribution in [2.75, 3.05) is 5.73 Å². The van der Waals surface area contributed by atoms with Crippen LogP contribution >= 0.6 is 0 Å². The fourth-order valence-electron chi connectivity index (χ4n) is 2.89. The smallest absolute Gasteiger partial charge is 0.0921 e. The molecule has 0 saturated carbocycles. The minimum Gasteiger partial charge on any atom is -0.399 e. The number of hydrogen-bond acceptors (Lipinski definition) is 2. The second kappa shape index (κ2) is 6.06. The summed E-state index contributed by atoms with van der Waals surface area (Å²) >= 11 is 0. The maximum absolute atomic E-state index is 5.79. The highest BCUT2D eigenvalue weighted by atomic mass is 14.9. The van der Waals surface area contributed by atoms with E-state index in [0.717, 1.165) is 17.8 Å². The van der Waals surface area contributed by atoms with Crippen LogP contribution in [0.1, 0.15) is 33.9 Å². The zero-order valence-electron chi connectivity index (χ0n) is 13.0. The van der Waals surface area contributed by atoms with Crippen LogP contribution in [0, 0.1) is 13.8 Å². The molecule has 0 aliphatic carbocycles. The summed E-state index contributed by atoms with van der Waals surface area (Å²) in [6, 6.07) is 14.6. The number of aromatic amines is 1. The van der Waals surface area contributed by atoms with E-state index >= 15 is 0 Å². The van der Waals surface area contributed by atoms with E-state index in [1.165, 1.54) is 22.3 Å². The molecule has 3 rings (SSSR count). The number of nitrogens with zero attached hydrogens (tertiary/aromatic N) is 1. The first-order valence-corrected chi connectivity index (χ1v) is 7.54. The van der Waals surface area contributed by atoms with Crippen molar-refractivity contribution >= 4 is 5.69 Å². The van der Waals surface area contributed by atoms with E-state index in [9.17, 15) is 0 Å². The first-order valence-electron chi connectivity index (χ1n) is 7.54. The van der Waals surface area contributed by atoms with Gasteiger partial charge in [-0.25, -0.2) is 4.98 Å². The molecule has 0 fully saturated rings. The van der Waals surface area contributed by atoms with Gasteiger partial charge in [-0.2, -0.15) is 0 Å². The minimum atomic E-state index is 0.269. The topological polar surface area (TPSA) is 54.7 Å². The average Bonchev–Trinajstić information content (AvgIpc) is 3.04. The number of H-pyrrole nitrogens is 1. The third-order valence-corrected chi connectivity index (χ3v) is 4.34. The van der Waals surface area contributed by atoms with E-state index in [1.54, 1.807) is 6.33 Å². The van der Waals surface area contributed by atoms with Crippen LogP contribution in [0.4, 0.5) is 5.69 Å². The lowest BCUT2D eigenvalue weighted by atomic mass is 9.85. The van der Waals surface area contributed by atoms with Gasteiger partial charge in [0, 0.05) is 23.5 Å². The zero-order chi connectivity index (χ0) is 15.5. The molecular weight excluding hydrogens is 270 g/mol. The van der Waals surface area contributed by atoms with Crippen molar-refractivity contribution in [3.05, 3.63) is 82.9 Å². The van der Waals surface area contributed by atoms with Gasteiger partial charge in [0.15, 0.2) is 0 Å². The highest BCUT2D eigenvalue weighted by Gasteiger charge is 2.18. The van der Waals surface area contributed by atoms with Gasteiger partial charge in [-0.3, -0.25) is 0 Å². The Morgan fingerprint density at radius 3 is 2.55 bits per heavy atom. The van der Waals surface area contributed by atoms with Gasteiger partial charge in [0.1, 0.15) is 0 Å². The van der Waals surface area contributed by atoms with Gasteiger partial charge >= 0.3 is 0 Å². The maximum atomic E-state index is 5.79. The molecule has 1 atom stereocenters. The second-order valence-corrected chi connectivity index (χ2v) is 5.79. The summed E-state index contributed by atoms with van der Waals surface area (Å²) in [6.45, 7) is 4.35. The number of imidazole rings is 1. The summed E-state index contributed by atoms with van der Waals surface area (Å²) in [7, 11) is 0. The number of benzene rings is 2. The quantitative estimate of drug-likeness (QED) is 0.714. The number of rotatable bonds is 4. The molecule has 22 heavy (non-hydrogen) atoms. The molecule has 1 heterocycles. The lowest BCUT2D eigenvalue weighted by molar-refractivity contribution is 0.773. The van der Waals surface area contributed by atoms with Gasteiger partial charge in [-0.05, 0) is 54.7 Å². The average molecular weight is 291 g/mol. The first-order chi connectivity index (χ1) is 10.6. The Balaban J connectivity index is 2.01. The van der Waals surface area contributed by atoms with Crippen LogP contribution in [0.3, 0.4) is 0 Å². The van der Waals surface area contributed by atoms with Crippen LogP contribution in [0.2, 0.25) is 0 Å². The van der Waals surface area contributed by atoms with Crippen LogP contribution in [-0.4, -0.2) is 9.97 Å². The van der Waals surface area contributed by atoms with Crippen molar-refractivity contribution in [1.29, 1.82) is 0 Å². The predicted octanol–water partition coefficient (Wildman–Crippen LogP) is 3.98. The monoisotopic (exact) mass is 291 g/mol. The van der Waals surface area contributed by atoms with Crippen molar-refractivity contribution in [3.63, 3.8) is 0 Å². The number of nitrogens with two attached hydrogens (primary N) is 1. The molecule has 0 saturated heterocycles. The number of aromatic nitrogens is 2. The Morgan fingerprint density at radius 2 is 1.86 bits per heavy atom. The summed E-state index contributed by atoms with van der Waals surface area (Å²) in [5.41, 5.74) is 13.0.